The number of rotatable bonds is 3. The first kappa shape index (κ1) is 18.3. The average Bonchev–Trinajstić information content (AvgIpc) is 3.24. The van der Waals surface area contributed by atoms with Crippen molar-refractivity contribution >= 4 is 11.9 Å². The lowest BCUT2D eigenvalue weighted by Crippen LogP contribution is -2.45. The molecule has 150 valence electrons. The number of amides is 3. The Morgan fingerprint density at radius 3 is 2.86 bits per heavy atom. The fourth-order valence-corrected chi connectivity index (χ4v) is 5.23. The molecule has 1 aromatic heterocycles. The Morgan fingerprint density at radius 2 is 2.00 bits per heavy atom. The molecule has 1 aliphatic carbocycles. The maximum absolute atomic E-state index is 13.6. The number of nitrogens with zero attached hydrogens (tertiary/aromatic N) is 3. The number of imide groups is 1. The normalized spacial score (nSPS) is 27.2. The van der Waals surface area contributed by atoms with Crippen LogP contribution in [0.25, 0.3) is 0 Å². The molecular formula is C23H26N4O2. The Morgan fingerprint density at radius 1 is 1.10 bits per heavy atom. The van der Waals surface area contributed by atoms with Crippen LogP contribution in [0.4, 0.5) is 4.79 Å². The molecule has 2 saturated heterocycles. The third-order valence-electron chi connectivity index (χ3n) is 6.66. The SMILES string of the molecule is O=C1NC2(CCCCc3ccccc32)C(=O)N1CN1CCCC1c1cccnc1. The summed E-state index contributed by atoms with van der Waals surface area (Å²) in [6.07, 6.45) is 9.31. The van der Waals surface area contributed by atoms with E-state index in [2.05, 4.69) is 27.3 Å². The lowest BCUT2D eigenvalue weighted by molar-refractivity contribution is -0.133. The van der Waals surface area contributed by atoms with Gasteiger partial charge in [-0.25, -0.2) is 9.69 Å². The minimum absolute atomic E-state index is 0.103. The van der Waals surface area contributed by atoms with Gasteiger partial charge in [0.15, 0.2) is 0 Å². The highest BCUT2D eigenvalue weighted by atomic mass is 16.2. The highest BCUT2D eigenvalue weighted by Gasteiger charge is 2.53. The van der Waals surface area contributed by atoms with Crippen molar-refractivity contribution in [1.82, 2.24) is 20.1 Å². The maximum Gasteiger partial charge on any atom is 0.326 e. The van der Waals surface area contributed by atoms with Crippen molar-refractivity contribution in [3.05, 3.63) is 65.5 Å². The van der Waals surface area contributed by atoms with Crippen molar-refractivity contribution in [1.29, 1.82) is 0 Å². The van der Waals surface area contributed by atoms with Gasteiger partial charge in [-0.05, 0) is 61.3 Å². The first-order chi connectivity index (χ1) is 14.2. The quantitative estimate of drug-likeness (QED) is 0.817. The minimum Gasteiger partial charge on any atom is -0.319 e. The number of pyridine rings is 1. The topological polar surface area (TPSA) is 65.5 Å². The number of hydrogen-bond donors (Lipinski definition) is 1. The van der Waals surface area contributed by atoms with Gasteiger partial charge in [0.25, 0.3) is 5.91 Å². The van der Waals surface area contributed by atoms with Crippen molar-refractivity contribution in [2.24, 2.45) is 0 Å². The summed E-state index contributed by atoms with van der Waals surface area (Å²) in [5, 5.41) is 3.09. The van der Waals surface area contributed by atoms with E-state index in [1.807, 2.05) is 30.5 Å². The molecule has 3 heterocycles. The van der Waals surface area contributed by atoms with E-state index in [0.717, 1.165) is 49.8 Å². The van der Waals surface area contributed by atoms with Crippen molar-refractivity contribution in [2.75, 3.05) is 13.2 Å². The molecule has 0 bridgehead atoms. The van der Waals surface area contributed by atoms with Crippen LogP contribution < -0.4 is 5.32 Å². The lowest BCUT2D eigenvalue weighted by Gasteiger charge is -2.30. The molecule has 6 nitrogen and oxygen atoms in total. The first-order valence-electron chi connectivity index (χ1n) is 10.6. The van der Waals surface area contributed by atoms with Gasteiger partial charge in [-0.2, -0.15) is 0 Å². The summed E-state index contributed by atoms with van der Waals surface area (Å²) in [7, 11) is 0. The van der Waals surface area contributed by atoms with Gasteiger partial charge in [0, 0.05) is 25.0 Å². The molecule has 2 unspecified atom stereocenters. The van der Waals surface area contributed by atoms with Crippen LogP contribution in [0.5, 0.6) is 0 Å². The Balaban J connectivity index is 1.43. The fraction of sp³-hybridized carbons (Fsp3) is 0.435. The van der Waals surface area contributed by atoms with E-state index in [0.29, 0.717) is 13.1 Å². The predicted octanol–water partition coefficient (Wildman–Crippen LogP) is 3.35. The van der Waals surface area contributed by atoms with E-state index in [9.17, 15) is 9.59 Å². The summed E-state index contributed by atoms with van der Waals surface area (Å²) >= 11 is 0. The third kappa shape index (κ3) is 3.02. The van der Waals surface area contributed by atoms with E-state index in [4.69, 9.17) is 0 Å². The molecule has 1 spiro atoms. The second kappa shape index (κ2) is 7.26. The molecule has 6 heteroatoms. The Hall–Kier alpha value is -2.73. The molecular weight excluding hydrogens is 364 g/mol. The number of carbonyl (C=O) groups is 2. The molecule has 0 radical (unpaired) electrons. The van der Waals surface area contributed by atoms with Crippen LogP contribution in [0.3, 0.4) is 0 Å². The van der Waals surface area contributed by atoms with Gasteiger partial charge in [-0.3, -0.25) is 14.7 Å². The van der Waals surface area contributed by atoms with E-state index < -0.39 is 5.54 Å². The number of aryl methyl sites for hydroxylation is 1. The molecule has 3 amide bonds. The summed E-state index contributed by atoms with van der Waals surface area (Å²) in [4.78, 5) is 34.5. The highest BCUT2D eigenvalue weighted by Crippen LogP contribution is 2.40. The van der Waals surface area contributed by atoms with Crippen LogP contribution >= 0.6 is 0 Å². The number of hydrogen-bond acceptors (Lipinski definition) is 4. The second-order valence-corrected chi connectivity index (χ2v) is 8.33. The number of likely N-dealkylation sites (tertiary alicyclic amines) is 1. The minimum atomic E-state index is -0.909. The predicted molar refractivity (Wildman–Crippen MR) is 109 cm³/mol. The number of urea groups is 1. The Labute approximate surface area is 170 Å². The van der Waals surface area contributed by atoms with Crippen molar-refractivity contribution in [2.45, 2.75) is 50.1 Å². The standard InChI is InChI=1S/C23H26N4O2/c28-21-23(12-4-3-8-17-7-1-2-10-19(17)23)25-22(29)27(21)16-26-14-6-11-20(26)18-9-5-13-24-15-18/h1-2,5,7,9-10,13,15,20H,3-4,6,8,11-12,14,16H2,(H,25,29). The Bertz CT molecular complexity index is 931. The van der Waals surface area contributed by atoms with Gasteiger partial charge >= 0.3 is 6.03 Å². The van der Waals surface area contributed by atoms with Crippen LogP contribution in [0.15, 0.2) is 48.8 Å². The number of nitrogens with one attached hydrogen (secondary N) is 1. The van der Waals surface area contributed by atoms with Crippen molar-refractivity contribution in [3.63, 3.8) is 0 Å². The zero-order valence-corrected chi connectivity index (χ0v) is 16.5. The van der Waals surface area contributed by atoms with Gasteiger partial charge in [0.05, 0.1) is 6.67 Å². The van der Waals surface area contributed by atoms with Crippen LogP contribution in [0, 0.1) is 0 Å². The maximum atomic E-state index is 13.6. The van der Waals surface area contributed by atoms with Crippen LogP contribution in [0.2, 0.25) is 0 Å². The number of fused-ring (bicyclic) bond motifs is 2. The molecule has 3 aliphatic rings. The molecule has 2 atom stereocenters. The van der Waals surface area contributed by atoms with Crippen LogP contribution in [-0.2, 0) is 16.8 Å². The van der Waals surface area contributed by atoms with Gasteiger partial charge in [-0.15, -0.1) is 0 Å². The summed E-state index contributed by atoms with van der Waals surface area (Å²) in [5.41, 5.74) is 2.39. The largest absolute Gasteiger partial charge is 0.326 e. The zero-order chi connectivity index (χ0) is 19.8. The lowest BCUT2D eigenvalue weighted by atomic mass is 9.84. The van der Waals surface area contributed by atoms with Crippen molar-refractivity contribution in [3.8, 4) is 0 Å². The monoisotopic (exact) mass is 390 g/mol. The molecule has 29 heavy (non-hydrogen) atoms. The molecule has 1 aromatic carbocycles. The summed E-state index contributed by atoms with van der Waals surface area (Å²) in [5.74, 6) is -0.103. The van der Waals surface area contributed by atoms with Gasteiger partial charge in [0.2, 0.25) is 0 Å². The van der Waals surface area contributed by atoms with E-state index >= 15 is 0 Å². The smallest absolute Gasteiger partial charge is 0.319 e. The van der Waals surface area contributed by atoms with Crippen LogP contribution in [0.1, 0.15) is 54.8 Å². The zero-order valence-electron chi connectivity index (χ0n) is 16.5. The first-order valence-corrected chi connectivity index (χ1v) is 10.6. The summed E-state index contributed by atoms with van der Waals surface area (Å²) in [6.45, 7) is 1.20. The molecule has 0 saturated carbocycles. The molecule has 2 aliphatic heterocycles. The average molecular weight is 390 g/mol. The van der Waals surface area contributed by atoms with Gasteiger partial charge in [0.1, 0.15) is 5.54 Å². The number of benzene rings is 1. The number of carbonyl (C=O) groups excluding carboxylic acids is 2. The van der Waals surface area contributed by atoms with E-state index in [1.54, 1.807) is 6.20 Å². The van der Waals surface area contributed by atoms with E-state index in [-0.39, 0.29) is 18.0 Å². The molecule has 2 aromatic rings. The van der Waals surface area contributed by atoms with E-state index in [1.165, 1.54) is 10.5 Å². The summed E-state index contributed by atoms with van der Waals surface area (Å²) < 4.78 is 0. The number of aromatic nitrogens is 1. The third-order valence-corrected chi connectivity index (χ3v) is 6.66. The second-order valence-electron chi connectivity index (χ2n) is 8.33. The van der Waals surface area contributed by atoms with Gasteiger partial charge in [-0.1, -0.05) is 30.3 Å². The molecule has 1 N–H and O–H groups in total. The molecule has 2 fully saturated rings. The van der Waals surface area contributed by atoms with Crippen molar-refractivity contribution < 1.29 is 9.59 Å². The fourth-order valence-electron chi connectivity index (χ4n) is 5.23. The Kier molecular flexibility index (Phi) is 4.59. The van der Waals surface area contributed by atoms with Crippen LogP contribution in [-0.4, -0.2) is 39.9 Å². The molecule has 5 rings (SSSR count). The highest BCUT2D eigenvalue weighted by molar-refractivity contribution is 6.07. The van der Waals surface area contributed by atoms with Gasteiger partial charge < -0.3 is 5.32 Å². The summed E-state index contributed by atoms with van der Waals surface area (Å²) in [6, 6.07) is 12.0.